The molecule has 1 aliphatic rings. The van der Waals surface area contributed by atoms with E-state index in [4.69, 9.17) is 26.8 Å². The number of phenolic OH excluding ortho intramolecular Hbond substituents is 1. The molecule has 0 amide bonds. The Morgan fingerprint density at radius 1 is 1.21 bits per heavy atom. The summed E-state index contributed by atoms with van der Waals surface area (Å²) in [5.74, 6) is 0.910. The van der Waals surface area contributed by atoms with Crippen molar-refractivity contribution in [3.63, 3.8) is 0 Å². The van der Waals surface area contributed by atoms with E-state index in [2.05, 4.69) is 0 Å². The molecule has 0 radical (unpaired) electrons. The van der Waals surface area contributed by atoms with Gasteiger partial charge < -0.3 is 20.3 Å². The fraction of sp³-hybridized carbons (Fsp3) is 0.571. The molecular weight excluding hydrogens is 266 g/mol. The zero-order chi connectivity index (χ0) is 14.0. The van der Waals surface area contributed by atoms with Crippen LogP contribution in [0.15, 0.2) is 6.07 Å². The molecule has 1 fully saturated rings. The molecule has 0 aromatic heterocycles. The Labute approximate surface area is 118 Å². The fourth-order valence-electron chi connectivity index (χ4n) is 2.84. The van der Waals surface area contributed by atoms with Gasteiger partial charge in [-0.25, -0.2) is 0 Å². The summed E-state index contributed by atoms with van der Waals surface area (Å²) in [6.07, 6.45) is 4.89. The SMILES string of the molecule is COc1cc(O)c(C2(N)CCCCC2)c(Cl)c1OC. The van der Waals surface area contributed by atoms with Gasteiger partial charge in [0.25, 0.3) is 0 Å². The molecule has 5 heteroatoms. The maximum Gasteiger partial charge on any atom is 0.180 e. The van der Waals surface area contributed by atoms with E-state index in [1.165, 1.54) is 26.7 Å². The number of hydrogen-bond acceptors (Lipinski definition) is 4. The Bertz CT molecular complexity index is 470. The second kappa shape index (κ2) is 5.47. The van der Waals surface area contributed by atoms with Crippen molar-refractivity contribution in [2.24, 2.45) is 5.73 Å². The van der Waals surface area contributed by atoms with E-state index in [9.17, 15) is 5.11 Å². The molecule has 1 saturated carbocycles. The largest absolute Gasteiger partial charge is 0.507 e. The normalized spacial score (nSPS) is 18.1. The molecule has 1 aromatic rings. The van der Waals surface area contributed by atoms with Crippen molar-refractivity contribution >= 4 is 11.6 Å². The van der Waals surface area contributed by atoms with Crippen LogP contribution in [0.5, 0.6) is 17.2 Å². The van der Waals surface area contributed by atoms with Gasteiger partial charge in [0.2, 0.25) is 0 Å². The van der Waals surface area contributed by atoms with Crippen molar-refractivity contribution in [1.29, 1.82) is 0 Å². The van der Waals surface area contributed by atoms with Crippen LogP contribution in [0, 0.1) is 0 Å². The molecule has 19 heavy (non-hydrogen) atoms. The van der Waals surface area contributed by atoms with Crippen LogP contribution in [0.25, 0.3) is 0 Å². The summed E-state index contributed by atoms with van der Waals surface area (Å²) in [5, 5.41) is 10.6. The van der Waals surface area contributed by atoms with E-state index in [1.807, 2.05) is 0 Å². The lowest BCUT2D eigenvalue weighted by molar-refractivity contribution is 0.288. The molecule has 1 aromatic carbocycles. The van der Waals surface area contributed by atoms with Gasteiger partial charge in [0, 0.05) is 17.2 Å². The Hall–Kier alpha value is -1.13. The summed E-state index contributed by atoms with van der Waals surface area (Å²) in [6.45, 7) is 0. The minimum atomic E-state index is -0.584. The van der Waals surface area contributed by atoms with Gasteiger partial charge >= 0.3 is 0 Å². The van der Waals surface area contributed by atoms with E-state index in [0.29, 0.717) is 22.1 Å². The Kier molecular flexibility index (Phi) is 4.11. The maximum absolute atomic E-state index is 10.2. The summed E-state index contributed by atoms with van der Waals surface area (Å²) in [4.78, 5) is 0. The quantitative estimate of drug-likeness (QED) is 0.895. The molecule has 106 valence electrons. The summed E-state index contributed by atoms with van der Waals surface area (Å²) in [6, 6.07) is 1.52. The van der Waals surface area contributed by atoms with Crippen LogP contribution in [0.1, 0.15) is 37.7 Å². The highest BCUT2D eigenvalue weighted by Crippen LogP contribution is 2.49. The summed E-state index contributed by atoms with van der Waals surface area (Å²) >= 11 is 6.38. The van der Waals surface area contributed by atoms with E-state index in [0.717, 1.165) is 25.7 Å². The molecule has 4 nitrogen and oxygen atoms in total. The van der Waals surface area contributed by atoms with Crippen molar-refractivity contribution in [3.8, 4) is 17.2 Å². The van der Waals surface area contributed by atoms with E-state index in [1.54, 1.807) is 0 Å². The predicted octanol–water partition coefficient (Wildman–Crippen LogP) is 3.18. The predicted molar refractivity (Wildman–Crippen MR) is 75.2 cm³/mol. The molecule has 0 unspecified atom stereocenters. The molecule has 2 rings (SSSR count). The van der Waals surface area contributed by atoms with Crippen LogP contribution in [-0.4, -0.2) is 19.3 Å². The number of benzene rings is 1. The maximum atomic E-state index is 10.2. The number of halogens is 1. The van der Waals surface area contributed by atoms with E-state index in [-0.39, 0.29) is 5.75 Å². The van der Waals surface area contributed by atoms with Gasteiger partial charge in [-0.05, 0) is 12.8 Å². The van der Waals surface area contributed by atoms with Gasteiger partial charge in [-0.3, -0.25) is 0 Å². The highest BCUT2D eigenvalue weighted by Gasteiger charge is 2.36. The minimum absolute atomic E-state index is 0.0760. The highest BCUT2D eigenvalue weighted by atomic mass is 35.5. The summed E-state index contributed by atoms with van der Waals surface area (Å²) in [5.41, 5.74) is 6.45. The van der Waals surface area contributed by atoms with Crippen molar-refractivity contribution in [2.75, 3.05) is 14.2 Å². The molecule has 1 aliphatic carbocycles. The molecule has 0 saturated heterocycles. The van der Waals surface area contributed by atoms with Crippen molar-refractivity contribution in [3.05, 3.63) is 16.7 Å². The van der Waals surface area contributed by atoms with E-state index < -0.39 is 5.54 Å². The smallest absolute Gasteiger partial charge is 0.180 e. The van der Waals surface area contributed by atoms with Gasteiger partial charge in [0.05, 0.1) is 19.2 Å². The number of ether oxygens (including phenoxy) is 2. The number of methoxy groups -OCH3 is 2. The second-order valence-corrected chi connectivity index (χ2v) is 5.41. The first-order valence-electron chi connectivity index (χ1n) is 6.46. The standard InChI is InChI=1S/C14H20ClNO3/c1-18-10-8-9(17)11(12(15)13(10)19-2)14(16)6-4-3-5-7-14/h8,17H,3-7,16H2,1-2H3. The first kappa shape index (κ1) is 14.3. The fourth-order valence-corrected chi connectivity index (χ4v) is 3.30. The van der Waals surface area contributed by atoms with Gasteiger partial charge in [-0.1, -0.05) is 30.9 Å². The lowest BCUT2D eigenvalue weighted by atomic mass is 9.77. The minimum Gasteiger partial charge on any atom is -0.507 e. The summed E-state index contributed by atoms with van der Waals surface area (Å²) < 4.78 is 10.4. The van der Waals surface area contributed by atoms with Gasteiger partial charge in [-0.15, -0.1) is 0 Å². The van der Waals surface area contributed by atoms with Crippen LogP contribution in [-0.2, 0) is 5.54 Å². The Morgan fingerprint density at radius 3 is 2.37 bits per heavy atom. The highest BCUT2D eigenvalue weighted by molar-refractivity contribution is 6.33. The van der Waals surface area contributed by atoms with Crippen molar-refractivity contribution in [1.82, 2.24) is 0 Å². The molecule has 0 aliphatic heterocycles. The van der Waals surface area contributed by atoms with Crippen molar-refractivity contribution < 1.29 is 14.6 Å². The molecule has 0 bridgehead atoms. The lowest BCUT2D eigenvalue weighted by Gasteiger charge is -2.35. The van der Waals surface area contributed by atoms with E-state index >= 15 is 0 Å². The Morgan fingerprint density at radius 2 is 1.84 bits per heavy atom. The molecule has 3 N–H and O–H groups in total. The number of hydrogen-bond donors (Lipinski definition) is 2. The van der Waals surface area contributed by atoms with Crippen LogP contribution in [0.3, 0.4) is 0 Å². The number of aromatic hydroxyl groups is 1. The van der Waals surface area contributed by atoms with Gasteiger partial charge in [0.1, 0.15) is 5.75 Å². The topological polar surface area (TPSA) is 64.7 Å². The van der Waals surface area contributed by atoms with Crippen LogP contribution in [0.4, 0.5) is 0 Å². The third-order valence-electron chi connectivity index (χ3n) is 3.83. The average molecular weight is 286 g/mol. The van der Waals surface area contributed by atoms with Gasteiger partial charge in [-0.2, -0.15) is 0 Å². The third kappa shape index (κ3) is 2.47. The zero-order valence-electron chi connectivity index (χ0n) is 11.3. The first-order valence-corrected chi connectivity index (χ1v) is 6.84. The number of nitrogens with two attached hydrogens (primary N) is 1. The average Bonchev–Trinajstić information content (AvgIpc) is 2.38. The third-order valence-corrected chi connectivity index (χ3v) is 4.19. The number of phenols is 1. The lowest BCUT2D eigenvalue weighted by Crippen LogP contribution is -2.39. The molecule has 0 atom stereocenters. The number of rotatable bonds is 3. The monoisotopic (exact) mass is 285 g/mol. The van der Waals surface area contributed by atoms with Crippen LogP contribution in [0.2, 0.25) is 5.02 Å². The van der Waals surface area contributed by atoms with Crippen LogP contribution >= 0.6 is 11.6 Å². The first-order chi connectivity index (χ1) is 9.03. The van der Waals surface area contributed by atoms with Crippen LogP contribution < -0.4 is 15.2 Å². The zero-order valence-corrected chi connectivity index (χ0v) is 12.1. The molecular formula is C14H20ClNO3. The molecule has 0 heterocycles. The second-order valence-electron chi connectivity index (χ2n) is 5.04. The molecule has 0 spiro atoms. The van der Waals surface area contributed by atoms with Gasteiger partial charge in [0.15, 0.2) is 11.5 Å². The van der Waals surface area contributed by atoms with Crippen molar-refractivity contribution in [2.45, 2.75) is 37.6 Å². The summed E-state index contributed by atoms with van der Waals surface area (Å²) in [7, 11) is 3.03. The Balaban J connectivity index is 2.56.